The molecule has 0 saturated carbocycles. The molecule has 0 aromatic heterocycles. The maximum absolute atomic E-state index is 5.95. The first-order chi connectivity index (χ1) is 8.59. The maximum Gasteiger partial charge on any atom is 0.0467 e. The van der Waals surface area contributed by atoms with Crippen molar-refractivity contribution < 1.29 is 0 Å². The number of rotatable bonds is 8. The van der Waals surface area contributed by atoms with Crippen molar-refractivity contribution in [3.8, 4) is 0 Å². The molecule has 1 aromatic rings. The van der Waals surface area contributed by atoms with Gasteiger partial charge in [-0.05, 0) is 38.0 Å². The van der Waals surface area contributed by atoms with Gasteiger partial charge in [0.05, 0.1) is 0 Å². The summed E-state index contributed by atoms with van der Waals surface area (Å²) < 4.78 is 0. The van der Waals surface area contributed by atoms with Gasteiger partial charge in [-0.3, -0.25) is 0 Å². The van der Waals surface area contributed by atoms with Crippen LogP contribution in [0.2, 0.25) is 0 Å². The van der Waals surface area contributed by atoms with Crippen LogP contribution in [0.25, 0.3) is 0 Å². The molecule has 0 bridgehead atoms. The van der Waals surface area contributed by atoms with Crippen molar-refractivity contribution in [2.45, 2.75) is 58.4 Å². The van der Waals surface area contributed by atoms with Crippen molar-refractivity contribution in [1.82, 2.24) is 0 Å². The number of nitrogens with two attached hydrogens (primary N) is 1. The SMILES string of the molecule is CCCCCCC(C)(CN)Nc1cccc(C)c1. The van der Waals surface area contributed by atoms with Crippen molar-refractivity contribution >= 4 is 5.69 Å². The molecule has 0 radical (unpaired) electrons. The molecule has 2 heteroatoms. The van der Waals surface area contributed by atoms with Gasteiger partial charge in [-0.25, -0.2) is 0 Å². The molecule has 0 aliphatic carbocycles. The quantitative estimate of drug-likeness (QED) is 0.680. The number of unbranched alkanes of at least 4 members (excludes halogenated alkanes) is 3. The summed E-state index contributed by atoms with van der Waals surface area (Å²) in [6.45, 7) is 7.26. The van der Waals surface area contributed by atoms with E-state index < -0.39 is 0 Å². The van der Waals surface area contributed by atoms with Gasteiger partial charge in [0, 0.05) is 17.8 Å². The number of benzene rings is 1. The molecule has 1 rings (SSSR count). The summed E-state index contributed by atoms with van der Waals surface area (Å²) in [6.07, 6.45) is 6.30. The normalized spacial score (nSPS) is 14.2. The van der Waals surface area contributed by atoms with Crippen LogP contribution in [0.5, 0.6) is 0 Å². The summed E-state index contributed by atoms with van der Waals surface area (Å²) in [4.78, 5) is 0. The van der Waals surface area contributed by atoms with Gasteiger partial charge in [0.25, 0.3) is 0 Å². The molecule has 0 aliphatic heterocycles. The molecule has 0 fully saturated rings. The zero-order valence-corrected chi connectivity index (χ0v) is 12.1. The number of anilines is 1. The fourth-order valence-electron chi connectivity index (χ4n) is 2.23. The third-order valence-electron chi connectivity index (χ3n) is 3.50. The number of hydrogen-bond acceptors (Lipinski definition) is 2. The zero-order valence-electron chi connectivity index (χ0n) is 12.1. The minimum atomic E-state index is 0.0154. The van der Waals surface area contributed by atoms with E-state index in [1.165, 1.54) is 36.9 Å². The number of nitrogens with one attached hydrogen (secondary N) is 1. The first-order valence-corrected chi connectivity index (χ1v) is 7.14. The van der Waals surface area contributed by atoms with Crippen LogP contribution in [0.1, 0.15) is 51.5 Å². The predicted octanol–water partition coefficient (Wildman–Crippen LogP) is 4.09. The van der Waals surface area contributed by atoms with E-state index >= 15 is 0 Å². The van der Waals surface area contributed by atoms with E-state index in [2.05, 4.69) is 50.4 Å². The highest BCUT2D eigenvalue weighted by molar-refractivity contribution is 5.47. The molecule has 3 N–H and O–H groups in total. The van der Waals surface area contributed by atoms with Gasteiger partial charge in [0.1, 0.15) is 0 Å². The van der Waals surface area contributed by atoms with Crippen LogP contribution in [-0.4, -0.2) is 12.1 Å². The molecule has 18 heavy (non-hydrogen) atoms. The Hall–Kier alpha value is -1.02. The Bertz CT molecular complexity index is 349. The Morgan fingerprint density at radius 2 is 2.00 bits per heavy atom. The van der Waals surface area contributed by atoms with Crippen LogP contribution in [0.15, 0.2) is 24.3 Å². The highest BCUT2D eigenvalue weighted by atomic mass is 15.0. The molecule has 0 spiro atoms. The van der Waals surface area contributed by atoms with Gasteiger partial charge < -0.3 is 11.1 Å². The minimum Gasteiger partial charge on any atom is -0.379 e. The third-order valence-corrected chi connectivity index (χ3v) is 3.50. The zero-order chi connectivity index (χ0) is 13.4. The lowest BCUT2D eigenvalue weighted by molar-refractivity contribution is 0.451. The summed E-state index contributed by atoms with van der Waals surface area (Å²) in [5.74, 6) is 0. The molecule has 0 amide bonds. The smallest absolute Gasteiger partial charge is 0.0467 e. The molecule has 1 aromatic carbocycles. The summed E-state index contributed by atoms with van der Waals surface area (Å²) in [5, 5.41) is 3.60. The molecule has 1 atom stereocenters. The lowest BCUT2D eigenvalue weighted by atomic mass is 9.93. The van der Waals surface area contributed by atoms with E-state index in [4.69, 9.17) is 5.73 Å². The molecular weight excluding hydrogens is 220 g/mol. The average molecular weight is 248 g/mol. The van der Waals surface area contributed by atoms with Crippen LogP contribution in [0.3, 0.4) is 0 Å². The lowest BCUT2D eigenvalue weighted by Gasteiger charge is -2.31. The van der Waals surface area contributed by atoms with Crippen molar-refractivity contribution in [1.29, 1.82) is 0 Å². The highest BCUT2D eigenvalue weighted by Gasteiger charge is 2.21. The first kappa shape index (κ1) is 15.0. The third kappa shape index (κ3) is 5.09. The Morgan fingerprint density at radius 3 is 2.61 bits per heavy atom. The van der Waals surface area contributed by atoms with Crippen LogP contribution in [0.4, 0.5) is 5.69 Å². The minimum absolute atomic E-state index is 0.0154. The van der Waals surface area contributed by atoms with Gasteiger partial charge in [0.2, 0.25) is 0 Å². The van der Waals surface area contributed by atoms with E-state index in [9.17, 15) is 0 Å². The molecule has 0 aliphatic rings. The monoisotopic (exact) mass is 248 g/mol. The second-order valence-corrected chi connectivity index (χ2v) is 5.57. The van der Waals surface area contributed by atoms with Crippen molar-refractivity contribution in [2.75, 3.05) is 11.9 Å². The van der Waals surface area contributed by atoms with E-state index in [0.29, 0.717) is 6.54 Å². The topological polar surface area (TPSA) is 38.0 Å². The maximum atomic E-state index is 5.95. The van der Waals surface area contributed by atoms with Crippen LogP contribution < -0.4 is 11.1 Å². The summed E-state index contributed by atoms with van der Waals surface area (Å²) in [5.41, 5.74) is 8.42. The van der Waals surface area contributed by atoms with Gasteiger partial charge in [-0.15, -0.1) is 0 Å². The first-order valence-electron chi connectivity index (χ1n) is 7.14. The van der Waals surface area contributed by atoms with Crippen molar-refractivity contribution in [3.05, 3.63) is 29.8 Å². The lowest BCUT2D eigenvalue weighted by Crippen LogP contribution is -2.42. The van der Waals surface area contributed by atoms with E-state index in [-0.39, 0.29) is 5.54 Å². The summed E-state index contributed by atoms with van der Waals surface area (Å²) >= 11 is 0. The Kier molecular flexibility index (Phi) is 6.20. The standard InChI is InChI=1S/C16H28N2/c1-4-5-6-7-11-16(3,13-17)18-15-10-8-9-14(2)12-15/h8-10,12,18H,4-7,11,13,17H2,1-3H3. The largest absolute Gasteiger partial charge is 0.379 e. The van der Waals surface area contributed by atoms with Gasteiger partial charge in [-0.1, -0.05) is 44.7 Å². The summed E-state index contributed by atoms with van der Waals surface area (Å²) in [6, 6.07) is 8.50. The number of aryl methyl sites for hydroxylation is 1. The van der Waals surface area contributed by atoms with Gasteiger partial charge in [-0.2, -0.15) is 0 Å². The van der Waals surface area contributed by atoms with Crippen molar-refractivity contribution in [2.24, 2.45) is 5.73 Å². The van der Waals surface area contributed by atoms with Crippen molar-refractivity contribution in [3.63, 3.8) is 0 Å². The Balaban J connectivity index is 2.53. The molecule has 0 heterocycles. The van der Waals surface area contributed by atoms with Gasteiger partial charge >= 0.3 is 0 Å². The van der Waals surface area contributed by atoms with Crippen LogP contribution in [-0.2, 0) is 0 Å². The van der Waals surface area contributed by atoms with E-state index in [1.54, 1.807) is 0 Å². The molecule has 102 valence electrons. The van der Waals surface area contributed by atoms with Crippen LogP contribution in [0, 0.1) is 6.92 Å². The summed E-state index contributed by atoms with van der Waals surface area (Å²) in [7, 11) is 0. The van der Waals surface area contributed by atoms with E-state index in [0.717, 1.165) is 6.42 Å². The molecule has 1 unspecified atom stereocenters. The van der Waals surface area contributed by atoms with Crippen LogP contribution >= 0.6 is 0 Å². The van der Waals surface area contributed by atoms with E-state index in [1.807, 2.05) is 0 Å². The highest BCUT2D eigenvalue weighted by Crippen LogP contribution is 2.21. The predicted molar refractivity (Wildman–Crippen MR) is 81.0 cm³/mol. The fraction of sp³-hybridized carbons (Fsp3) is 0.625. The number of hydrogen-bond donors (Lipinski definition) is 2. The molecule has 0 saturated heterocycles. The molecular formula is C16H28N2. The Morgan fingerprint density at radius 1 is 1.22 bits per heavy atom. The second kappa shape index (κ2) is 7.42. The Labute approximate surface area is 112 Å². The second-order valence-electron chi connectivity index (χ2n) is 5.57. The van der Waals surface area contributed by atoms with Gasteiger partial charge in [0.15, 0.2) is 0 Å². The molecule has 2 nitrogen and oxygen atoms in total. The fourth-order valence-corrected chi connectivity index (χ4v) is 2.23. The average Bonchev–Trinajstić information content (AvgIpc) is 2.35.